The lowest BCUT2D eigenvalue weighted by Crippen LogP contribution is -2.47. The number of anilines is 2. The second-order valence-corrected chi connectivity index (χ2v) is 8.14. The van der Waals surface area contributed by atoms with Crippen LogP contribution in [0.3, 0.4) is 0 Å². The maximum Gasteiger partial charge on any atom is 0.226 e. The fourth-order valence-electron chi connectivity index (χ4n) is 2.94. The molecular weight excluding hydrogens is 409 g/mol. The van der Waals surface area contributed by atoms with Crippen LogP contribution in [0.1, 0.15) is 18.5 Å². The van der Waals surface area contributed by atoms with Crippen LogP contribution in [0.25, 0.3) is 0 Å². The molecule has 10 heteroatoms. The predicted molar refractivity (Wildman–Crippen MR) is 109 cm³/mol. The first-order valence-electron chi connectivity index (χ1n) is 8.56. The quantitative estimate of drug-likeness (QED) is 0.539. The van der Waals surface area contributed by atoms with Crippen LogP contribution < -0.4 is 10.2 Å². The first-order valence-corrected chi connectivity index (χ1v) is 10.7. The molecule has 7 nitrogen and oxygen atoms in total. The lowest BCUT2D eigenvalue weighted by molar-refractivity contribution is 0.295. The molecule has 2 heterocycles. The number of nitrogens with one attached hydrogen (secondary N) is 1. The van der Waals surface area contributed by atoms with Crippen LogP contribution in [0.5, 0.6) is 0 Å². The molecule has 1 saturated heterocycles. The molecule has 0 saturated carbocycles. The highest BCUT2D eigenvalue weighted by Crippen LogP contribution is 2.23. The fourth-order valence-corrected chi connectivity index (χ4v) is 3.86. The molecule has 1 N–H and O–H groups in total. The van der Waals surface area contributed by atoms with Crippen LogP contribution in [0, 0.1) is 0 Å². The Morgan fingerprint density at radius 2 is 1.78 bits per heavy atom. The summed E-state index contributed by atoms with van der Waals surface area (Å²) < 4.78 is 21.7. The van der Waals surface area contributed by atoms with Gasteiger partial charge in [0.05, 0.1) is 11.9 Å². The van der Waals surface area contributed by atoms with Crippen LogP contribution in [0.4, 0.5) is 11.8 Å². The van der Waals surface area contributed by atoms with E-state index in [0.717, 1.165) is 11.4 Å². The average Bonchev–Trinajstić information content (AvgIpc) is 2.62. The summed E-state index contributed by atoms with van der Waals surface area (Å²) in [5.74, 6) is 1.27. The Morgan fingerprint density at radius 3 is 2.41 bits per heavy atom. The van der Waals surface area contributed by atoms with Crippen LogP contribution in [0.2, 0.25) is 10.2 Å². The molecule has 0 bridgehead atoms. The zero-order valence-corrected chi connectivity index (χ0v) is 17.2. The molecule has 27 heavy (non-hydrogen) atoms. The summed E-state index contributed by atoms with van der Waals surface area (Å²) in [6.07, 6.45) is 0. The molecule has 146 valence electrons. The molecule has 1 atom stereocenters. The molecule has 0 amide bonds. The van der Waals surface area contributed by atoms with Crippen molar-refractivity contribution in [3.8, 4) is 0 Å². The number of piperazine rings is 1. The third kappa shape index (κ3) is 5.68. The van der Waals surface area contributed by atoms with E-state index in [2.05, 4.69) is 20.2 Å². The fraction of sp³-hybridized carbons (Fsp3) is 0.412. The van der Waals surface area contributed by atoms with Crippen molar-refractivity contribution in [2.45, 2.75) is 13.0 Å². The highest BCUT2D eigenvalue weighted by molar-refractivity contribution is 7.72. The van der Waals surface area contributed by atoms with Gasteiger partial charge in [-0.15, -0.1) is 0 Å². The number of halogens is 2. The van der Waals surface area contributed by atoms with E-state index < -0.39 is 10.7 Å². The molecule has 2 aromatic rings. The van der Waals surface area contributed by atoms with Crippen molar-refractivity contribution in [2.24, 2.45) is 0 Å². The topological polar surface area (TPSA) is 78.4 Å². The van der Waals surface area contributed by atoms with Crippen LogP contribution in [-0.4, -0.2) is 55.3 Å². The highest BCUT2D eigenvalue weighted by atomic mass is 35.5. The summed E-state index contributed by atoms with van der Waals surface area (Å²) in [5, 5.41) is 4.31. The summed E-state index contributed by atoms with van der Waals surface area (Å²) >= 11 is 12.1. The van der Waals surface area contributed by atoms with Crippen molar-refractivity contribution in [3.63, 3.8) is 0 Å². The third-order valence-electron chi connectivity index (χ3n) is 4.41. The number of hydrogen-bond donors (Lipinski definition) is 2. The van der Waals surface area contributed by atoms with Crippen LogP contribution in [0.15, 0.2) is 30.3 Å². The van der Waals surface area contributed by atoms with Gasteiger partial charge in [-0.2, -0.15) is 4.98 Å². The van der Waals surface area contributed by atoms with Gasteiger partial charge in [-0.05, 0) is 24.6 Å². The van der Waals surface area contributed by atoms with Crippen molar-refractivity contribution in [1.29, 1.82) is 0 Å². The van der Waals surface area contributed by atoms with Gasteiger partial charge in [0.2, 0.25) is 5.95 Å². The van der Waals surface area contributed by atoms with Gasteiger partial charge in [-0.3, -0.25) is 4.90 Å². The maximum absolute atomic E-state index is 10.9. The van der Waals surface area contributed by atoms with E-state index in [4.69, 9.17) is 23.2 Å². The normalized spacial score (nSPS) is 16.5. The monoisotopic (exact) mass is 429 g/mol. The van der Waals surface area contributed by atoms with Crippen molar-refractivity contribution >= 4 is 45.7 Å². The largest absolute Gasteiger partial charge is 0.354 e. The molecule has 0 spiro atoms. The van der Waals surface area contributed by atoms with E-state index in [-0.39, 0.29) is 11.9 Å². The highest BCUT2D eigenvalue weighted by Gasteiger charge is 2.20. The Bertz CT molecular complexity index is 847. The summed E-state index contributed by atoms with van der Waals surface area (Å²) in [7, 11) is -2.39. The summed E-state index contributed by atoms with van der Waals surface area (Å²) in [6.45, 7) is 4.70. The van der Waals surface area contributed by atoms with Crippen molar-refractivity contribution in [2.75, 3.05) is 42.3 Å². The molecule has 1 fully saturated rings. The van der Waals surface area contributed by atoms with E-state index in [1.165, 1.54) is 0 Å². The predicted octanol–water partition coefficient (Wildman–Crippen LogP) is 2.65. The van der Waals surface area contributed by atoms with E-state index in [1.807, 2.05) is 36.1 Å². The van der Waals surface area contributed by atoms with Gasteiger partial charge >= 0.3 is 0 Å². The Balaban J connectivity index is 1.68. The number of nitrogens with zero attached hydrogens (tertiary/aromatic N) is 4. The lowest BCUT2D eigenvalue weighted by atomic mass is 10.1. The second kappa shape index (κ2) is 9.05. The number of thiol groups is 1. The first kappa shape index (κ1) is 20.1. The summed E-state index contributed by atoms with van der Waals surface area (Å²) in [6, 6.07) is 9.29. The Hall–Kier alpha value is -1.61. The van der Waals surface area contributed by atoms with Crippen molar-refractivity contribution in [1.82, 2.24) is 14.9 Å². The minimum absolute atomic E-state index is 0.0150. The van der Waals surface area contributed by atoms with Gasteiger partial charge in [0, 0.05) is 37.3 Å². The third-order valence-corrected chi connectivity index (χ3v) is 5.49. The molecule has 1 aromatic carbocycles. The average molecular weight is 430 g/mol. The standard InChI is InChI=1S/C17H21Cl2N5O2S/c1-12(13-2-4-14(18)5-3-13)20-17-21-15(19)10-16(22-17)24-8-6-23(7-9-24)11-27(25)26/h2-5,10,12,27H,6-9,11H2,1H3,(H,20,21,22)/t12-/m0/s1. The zero-order valence-electron chi connectivity index (χ0n) is 14.8. The minimum Gasteiger partial charge on any atom is -0.354 e. The molecule has 3 rings (SSSR count). The number of hydrogen-bond acceptors (Lipinski definition) is 7. The number of benzene rings is 1. The van der Waals surface area contributed by atoms with Gasteiger partial charge in [-0.25, -0.2) is 13.4 Å². The van der Waals surface area contributed by atoms with E-state index in [0.29, 0.717) is 42.3 Å². The van der Waals surface area contributed by atoms with Gasteiger partial charge in [-0.1, -0.05) is 35.3 Å². The Labute approximate surface area is 170 Å². The Morgan fingerprint density at radius 1 is 1.11 bits per heavy atom. The zero-order chi connectivity index (χ0) is 19.4. The number of aromatic nitrogens is 2. The SMILES string of the molecule is C[C@H](Nc1nc(Cl)cc(N2CCN(C[SH](=O)=O)CC2)n1)c1ccc(Cl)cc1. The van der Waals surface area contributed by atoms with Gasteiger partial charge < -0.3 is 10.2 Å². The van der Waals surface area contributed by atoms with Crippen LogP contribution >= 0.6 is 23.2 Å². The van der Waals surface area contributed by atoms with E-state index in [1.54, 1.807) is 6.07 Å². The first-order chi connectivity index (χ1) is 12.9. The molecule has 1 aliphatic rings. The molecular formula is C17H21Cl2N5O2S. The van der Waals surface area contributed by atoms with E-state index >= 15 is 0 Å². The molecule has 1 aliphatic heterocycles. The van der Waals surface area contributed by atoms with Gasteiger partial charge in [0.15, 0.2) is 10.7 Å². The van der Waals surface area contributed by atoms with Crippen molar-refractivity contribution in [3.05, 3.63) is 46.1 Å². The molecule has 1 aromatic heterocycles. The smallest absolute Gasteiger partial charge is 0.226 e. The Kier molecular flexibility index (Phi) is 6.75. The summed E-state index contributed by atoms with van der Waals surface area (Å²) in [4.78, 5) is 12.8. The van der Waals surface area contributed by atoms with Crippen LogP contribution in [-0.2, 0) is 10.7 Å². The minimum atomic E-state index is -2.39. The van der Waals surface area contributed by atoms with Crippen molar-refractivity contribution < 1.29 is 8.42 Å². The van der Waals surface area contributed by atoms with Gasteiger partial charge in [0.25, 0.3) is 0 Å². The number of rotatable bonds is 6. The summed E-state index contributed by atoms with van der Waals surface area (Å²) in [5.41, 5.74) is 1.06. The molecule has 0 unspecified atom stereocenters. The second-order valence-electron chi connectivity index (χ2n) is 6.37. The lowest BCUT2D eigenvalue weighted by Gasteiger charge is -2.34. The molecule has 0 aliphatic carbocycles. The maximum atomic E-state index is 10.9. The van der Waals surface area contributed by atoms with E-state index in [9.17, 15) is 8.42 Å². The molecule has 0 radical (unpaired) electrons. The van der Waals surface area contributed by atoms with Gasteiger partial charge in [0.1, 0.15) is 11.0 Å².